The summed E-state index contributed by atoms with van der Waals surface area (Å²) in [6.07, 6.45) is 2.18. The first-order valence-corrected chi connectivity index (χ1v) is 8.91. The van der Waals surface area contributed by atoms with Gasteiger partial charge in [-0.05, 0) is 47.5 Å². The van der Waals surface area contributed by atoms with Gasteiger partial charge in [-0.2, -0.15) is 0 Å². The lowest BCUT2D eigenvalue weighted by Gasteiger charge is -2.15. The summed E-state index contributed by atoms with van der Waals surface area (Å²) in [6, 6.07) is 9.46. The van der Waals surface area contributed by atoms with Crippen LogP contribution in [0.15, 0.2) is 35.7 Å². The summed E-state index contributed by atoms with van der Waals surface area (Å²) in [5, 5.41) is 14.1. The molecule has 1 amide bonds. The standard InChI is InChI=1S/C18H20N2O3S/c21-17(20-8-1-2-9-20)14-5-3-13(4-6-14)11-19-12-15-7-10-24-16(15)18(22)23/h3-7,10,19H,1-2,8-9,11-12H2,(H,22,23). The van der Waals surface area contributed by atoms with E-state index in [4.69, 9.17) is 5.11 Å². The SMILES string of the molecule is O=C(O)c1sccc1CNCc1ccc(C(=O)N2CCCC2)cc1. The Bertz CT molecular complexity index is 718. The maximum absolute atomic E-state index is 12.3. The minimum absolute atomic E-state index is 0.108. The van der Waals surface area contributed by atoms with E-state index in [0.29, 0.717) is 18.0 Å². The number of benzene rings is 1. The molecule has 3 rings (SSSR count). The third-order valence-corrected chi connectivity index (χ3v) is 5.12. The maximum atomic E-state index is 12.3. The number of carbonyl (C=O) groups excluding carboxylic acids is 1. The van der Waals surface area contributed by atoms with Gasteiger partial charge < -0.3 is 15.3 Å². The highest BCUT2D eigenvalue weighted by atomic mass is 32.1. The predicted octanol–water partition coefficient (Wildman–Crippen LogP) is 2.97. The van der Waals surface area contributed by atoms with Crippen LogP contribution in [0.1, 0.15) is 44.0 Å². The Labute approximate surface area is 144 Å². The van der Waals surface area contributed by atoms with E-state index in [1.807, 2.05) is 35.2 Å². The van der Waals surface area contributed by atoms with Crippen molar-refractivity contribution in [2.75, 3.05) is 13.1 Å². The third-order valence-electron chi connectivity index (χ3n) is 4.18. The van der Waals surface area contributed by atoms with Crippen LogP contribution in [0.2, 0.25) is 0 Å². The van der Waals surface area contributed by atoms with Gasteiger partial charge in [0.2, 0.25) is 0 Å². The van der Waals surface area contributed by atoms with Gasteiger partial charge in [-0.25, -0.2) is 4.79 Å². The van der Waals surface area contributed by atoms with Crippen molar-refractivity contribution in [1.29, 1.82) is 0 Å². The van der Waals surface area contributed by atoms with Crippen molar-refractivity contribution in [2.24, 2.45) is 0 Å². The van der Waals surface area contributed by atoms with Crippen molar-refractivity contribution in [2.45, 2.75) is 25.9 Å². The molecular weight excluding hydrogens is 324 g/mol. The van der Waals surface area contributed by atoms with E-state index in [1.165, 1.54) is 11.3 Å². The molecule has 0 spiro atoms. The minimum atomic E-state index is -0.883. The molecule has 0 saturated carbocycles. The number of carboxylic acids is 1. The molecule has 126 valence electrons. The second kappa shape index (κ2) is 7.59. The number of carbonyl (C=O) groups is 2. The molecule has 0 radical (unpaired) electrons. The molecule has 1 aromatic carbocycles. The van der Waals surface area contributed by atoms with Crippen molar-refractivity contribution in [3.63, 3.8) is 0 Å². The second-order valence-corrected chi connectivity index (χ2v) is 6.80. The van der Waals surface area contributed by atoms with Crippen LogP contribution in [0.5, 0.6) is 0 Å². The zero-order valence-corrected chi connectivity index (χ0v) is 14.1. The van der Waals surface area contributed by atoms with Crippen LogP contribution in [0.3, 0.4) is 0 Å². The zero-order chi connectivity index (χ0) is 16.9. The first kappa shape index (κ1) is 16.7. The molecule has 1 saturated heterocycles. The molecule has 2 N–H and O–H groups in total. The van der Waals surface area contributed by atoms with Gasteiger partial charge in [0.15, 0.2) is 0 Å². The predicted molar refractivity (Wildman–Crippen MR) is 93.4 cm³/mol. The van der Waals surface area contributed by atoms with Gasteiger partial charge in [0.25, 0.3) is 5.91 Å². The number of likely N-dealkylation sites (tertiary alicyclic amines) is 1. The van der Waals surface area contributed by atoms with E-state index in [2.05, 4.69) is 5.32 Å². The number of hydrogen-bond acceptors (Lipinski definition) is 4. The highest BCUT2D eigenvalue weighted by molar-refractivity contribution is 7.12. The Morgan fingerprint density at radius 2 is 1.79 bits per heavy atom. The number of hydrogen-bond donors (Lipinski definition) is 2. The zero-order valence-electron chi connectivity index (χ0n) is 13.3. The highest BCUT2D eigenvalue weighted by Gasteiger charge is 2.19. The van der Waals surface area contributed by atoms with Crippen LogP contribution >= 0.6 is 11.3 Å². The second-order valence-electron chi connectivity index (χ2n) is 5.88. The largest absolute Gasteiger partial charge is 0.477 e. The molecular formula is C18H20N2O3S. The first-order valence-electron chi connectivity index (χ1n) is 8.04. The smallest absolute Gasteiger partial charge is 0.346 e. The Balaban J connectivity index is 1.53. The van der Waals surface area contributed by atoms with Crippen LogP contribution in [0.4, 0.5) is 0 Å². The topological polar surface area (TPSA) is 69.6 Å². The van der Waals surface area contributed by atoms with Crippen LogP contribution in [-0.4, -0.2) is 35.0 Å². The average molecular weight is 344 g/mol. The summed E-state index contributed by atoms with van der Waals surface area (Å²) < 4.78 is 0. The van der Waals surface area contributed by atoms with E-state index in [0.717, 1.165) is 42.6 Å². The molecule has 0 unspecified atom stereocenters. The summed E-state index contributed by atoms with van der Waals surface area (Å²) in [6.45, 7) is 2.86. The van der Waals surface area contributed by atoms with Crippen LogP contribution in [-0.2, 0) is 13.1 Å². The van der Waals surface area contributed by atoms with Crippen LogP contribution in [0.25, 0.3) is 0 Å². The number of carboxylic acid groups (broad SMARTS) is 1. The number of nitrogens with zero attached hydrogens (tertiary/aromatic N) is 1. The summed E-state index contributed by atoms with van der Waals surface area (Å²) in [4.78, 5) is 25.6. The van der Waals surface area contributed by atoms with E-state index >= 15 is 0 Å². The van der Waals surface area contributed by atoms with Crippen molar-refractivity contribution >= 4 is 23.2 Å². The molecule has 0 aliphatic carbocycles. The average Bonchev–Trinajstić information content (AvgIpc) is 3.26. The van der Waals surface area contributed by atoms with E-state index in [1.54, 1.807) is 5.38 Å². The molecule has 1 aliphatic heterocycles. The van der Waals surface area contributed by atoms with Gasteiger partial charge in [0.05, 0.1) is 0 Å². The summed E-state index contributed by atoms with van der Waals surface area (Å²) in [7, 11) is 0. The molecule has 2 aromatic rings. The van der Waals surface area contributed by atoms with Gasteiger partial charge in [0.1, 0.15) is 4.88 Å². The summed E-state index contributed by atoms with van der Waals surface area (Å²) in [5.41, 5.74) is 2.60. The number of thiophene rings is 1. The first-order chi connectivity index (χ1) is 11.6. The van der Waals surface area contributed by atoms with Crippen LogP contribution < -0.4 is 5.32 Å². The summed E-state index contributed by atoms with van der Waals surface area (Å²) in [5.74, 6) is -0.775. The third kappa shape index (κ3) is 3.83. The monoisotopic (exact) mass is 344 g/mol. The van der Waals surface area contributed by atoms with Crippen molar-refractivity contribution in [1.82, 2.24) is 10.2 Å². The lowest BCUT2D eigenvalue weighted by Crippen LogP contribution is -2.27. The molecule has 1 aliphatic rings. The molecule has 5 nitrogen and oxygen atoms in total. The molecule has 0 bridgehead atoms. The Hall–Kier alpha value is -2.18. The van der Waals surface area contributed by atoms with Gasteiger partial charge in [-0.15, -0.1) is 11.3 Å². The Kier molecular flexibility index (Phi) is 5.27. The number of amides is 1. The van der Waals surface area contributed by atoms with Gasteiger partial charge in [0, 0.05) is 31.7 Å². The number of rotatable bonds is 6. The molecule has 1 fully saturated rings. The number of aromatic carboxylic acids is 1. The molecule has 6 heteroatoms. The quantitative estimate of drug-likeness (QED) is 0.845. The van der Waals surface area contributed by atoms with Crippen molar-refractivity contribution in [3.8, 4) is 0 Å². The van der Waals surface area contributed by atoms with E-state index in [9.17, 15) is 9.59 Å². The molecule has 1 aromatic heterocycles. The number of nitrogens with one attached hydrogen (secondary N) is 1. The van der Waals surface area contributed by atoms with E-state index in [-0.39, 0.29) is 5.91 Å². The lowest BCUT2D eigenvalue weighted by atomic mass is 10.1. The fourth-order valence-corrected chi connectivity index (χ4v) is 3.63. The highest BCUT2D eigenvalue weighted by Crippen LogP contribution is 2.17. The van der Waals surface area contributed by atoms with E-state index < -0.39 is 5.97 Å². The lowest BCUT2D eigenvalue weighted by molar-refractivity contribution is 0.0700. The fraction of sp³-hybridized carbons (Fsp3) is 0.333. The molecule has 0 atom stereocenters. The molecule has 24 heavy (non-hydrogen) atoms. The fourth-order valence-electron chi connectivity index (χ4n) is 2.87. The van der Waals surface area contributed by atoms with Crippen LogP contribution in [0, 0.1) is 0 Å². The minimum Gasteiger partial charge on any atom is -0.477 e. The maximum Gasteiger partial charge on any atom is 0.346 e. The molecule has 2 heterocycles. The Morgan fingerprint density at radius 1 is 1.08 bits per heavy atom. The van der Waals surface area contributed by atoms with Gasteiger partial charge in [-0.1, -0.05) is 12.1 Å². The van der Waals surface area contributed by atoms with Crippen molar-refractivity contribution < 1.29 is 14.7 Å². The van der Waals surface area contributed by atoms with Gasteiger partial charge >= 0.3 is 5.97 Å². The van der Waals surface area contributed by atoms with Crippen molar-refractivity contribution in [3.05, 3.63) is 57.3 Å². The van der Waals surface area contributed by atoms with Gasteiger partial charge in [-0.3, -0.25) is 4.79 Å². The Morgan fingerprint density at radius 3 is 2.46 bits per heavy atom. The summed E-state index contributed by atoms with van der Waals surface area (Å²) >= 11 is 1.24. The normalized spacial score (nSPS) is 14.1.